The first-order valence-corrected chi connectivity index (χ1v) is 12.1. The van der Waals surface area contributed by atoms with Crippen molar-refractivity contribution in [1.29, 1.82) is 0 Å². The predicted octanol–water partition coefficient (Wildman–Crippen LogP) is 3.56. The maximum Gasteiger partial charge on any atom is 0.420 e. The summed E-state index contributed by atoms with van der Waals surface area (Å²) in [6, 6.07) is 7.97. The number of nitrogens with zero attached hydrogens (tertiary/aromatic N) is 3. The van der Waals surface area contributed by atoms with Gasteiger partial charge in [0.2, 0.25) is 5.13 Å². The van der Waals surface area contributed by atoms with Crippen LogP contribution in [0.3, 0.4) is 0 Å². The maximum absolute atomic E-state index is 14.9. The van der Waals surface area contributed by atoms with E-state index in [9.17, 15) is 17.6 Å². The quantitative estimate of drug-likeness (QED) is 0.478. The van der Waals surface area contributed by atoms with Crippen molar-refractivity contribution in [3.05, 3.63) is 75.8 Å². The van der Waals surface area contributed by atoms with Gasteiger partial charge in [0, 0.05) is 23.7 Å². The van der Waals surface area contributed by atoms with Gasteiger partial charge in [-0.3, -0.25) is 9.29 Å². The van der Waals surface area contributed by atoms with Gasteiger partial charge in [0.25, 0.3) is 10.0 Å². The van der Waals surface area contributed by atoms with Crippen LogP contribution in [0.1, 0.15) is 29.0 Å². The topological polar surface area (TPSA) is 107 Å². The van der Waals surface area contributed by atoms with Gasteiger partial charge in [-0.1, -0.05) is 30.4 Å². The van der Waals surface area contributed by atoms with Gasteiger partial charge in [0.15, 0.2) is 5.58 Å². The molecule has 0 saturated heterocycles. The zero-order valence-electron chi connectivity index (χ0n) is 16.4. The fourth-order valence-corrected chi connectivity index (χ4v) is 6.07. The fraction of sp³-hybridized carbons (Fsp3) is 0.190. The summed E-state index contributed by atoms with van der Waals surface area (Å²) in [5.74, 6) is -0.695. The van der Waals surface area contributed by atoms with Gasteiger partial charge in [-0.15, -0.1) is 0 Å². The number of halogens is 1. The van der Waals surface area contributed by atoms with Crippen LogP contribution in [-0.2, 0) is 16.6 Å². The molecular weight excluding hydrogens is 455 g/mol. The SMILES string of the molecule is O=c1oc2cc(S(=O)(=O)Nc3ncns3)c(F)cc2n1Cc1cccc2c1C1CC1C=C2. The van der Waals surface area contributed by atoms with Crippen LogP contribution < -0.4 is 10.5 Å². The van der Waals surface area contributed by atoms with E-state index < -0.39 is 26.5 Å². The molecule has 2 unspecified atom stereocenters. The fourth-order valence-electron chi connectivity index (χ4n) is 4.33. The van der Waals surface area contributed by atoms with Crippen LogP contribution in [0.25, 0.3) is 17.2 Å². The van der Waals surface area contributed by atoms with Crippen molar-refractivity contribution in [3.8, 4) is 0 Å². The highest BCUT2D eigenvalue weighted by molar-refractivity contribution is 7.93. The lowest BCUT2D eigenvalue weighted by Crippen LogP contribution is -2.17. The molecule has 4 aromatic rings. The van der Waals surface area contributed by atoms with Crippen molar-refractivity contribution in [3.63, 3.8) is 0 Å². The Morgan fingerprint density at radius 1 is 1.31 bits per heavy atom. The molecule has 0 aliphatic heterocycles. The van der Waals surface area contributed by atoms with Crippen LogP contribution in [0.5, 0.6) is 0 Å². The van der Waals surface area contributed by atoms with Crippen LogP contribution >= 0.6 is 11.5 Å². The van der Waals surface area contributed by atoms with E-state index in [0.717, 1.165) is 41.2 Å². The number of aromatic nitrogens is 3. The number of anilines is 1. The summed E-state index contributed by atoms with van der Waals surface area (Å²) >= 11 is 0.820. The second kappa shape index (κ2) is 6.84. The molecule has 11 heteroatoms. The monoisotopic (exact) mass is 470 g/mol. The second-order valence-corrected chi connectivity index (χ2v) is 10.3. The number of hydrogen-bond donors (Lipinski definition) is 1. The third kappa shape index (κ3) is 3.07. The lowest BCUT2D eigenvalue weighted by molar-refractivity contribution is 0.516. The average Bonchev–Trinajstić information content (AvgIpc) is 3.28. The van der Waals surface area contributed by atoms with E-state index in [4.69, 9.17) is 4.42 Å². The molecule has 2 aromatic heterocycles. The highest BCUT2D eigenvalue weighted by Crippen LogP contribution is 2.53. The highest BCUT2D eigenvalue weighted by atomic mass is 32.2. The normalized spacial score (nSPS) is 19.0. The van der Waals surface area contributed by atoms with Crippen molar-refractivity contribution in [2.45, 2.75) is 23.8 Å². The van der Waals surface area contributed by atoms with Crippen LogP contribution in [0.15, 0.2) is 56.8 Å². The first-order valence-electron chi connectivity index (χ1n) is 9.83. The average molecular weight is 471 g/mol. The number of hydrogen-bond acceptors (Lipinski definition) is 7. The van der Waals surface area contributed by atoms with Crippen molar-refractivity contribution in [1.82, 2.24) is 13.9 Å². The minimum atomic E-state index is -4.28. The molecule has 1 fully saturated rings. The summed E-state index contributed by atoms with van der Waals surface area (Å²) in [5, 5.41) is 0.00445. The van der Waals surface area contributed by atoms with E-state index in [1.165, 1.54) is 16.5 Å². The summed E-state index contributed by atoms with van der Waals surface area (Å²) in [4.78, 5) is 15.7. The van der Waals surface area contributed by atoms with Crippen LogP contribution in [0.2, 0.25) is 0 Å². The zero-order chi connectivity index (χ0) is 22.0. The molecule has 32 heavy (non-hydrogen) atoms. The molecule has 8 nitrogen and oxygen atoms in total. The number of fused-ring (bicyclic) bond motifs is 4. The van der Waals surface area contributed by atoms with Crippen LogP contribution in [0, 0.1) is 11.7 Å². The second-order valence-electron chi connectivity index (χ2n) is 7.84. The molecule has 0 bridgehead atoms. The molecule has 162 valence electrons. The highest BCUT2D eigenvalue weighted by Gasteiger charge is 2.40. The Kier molecular flexibility index (Phi) is 4.14. The summed E-state index contributed by atoms with van der Waals surface area (Å²) in [5.41, 5.74) is 3.49. The number of rotatable bonds is 5. The van der Waals surface area contributed by atoms with Crippen molar-refractivity contribution >= 4 is 43.9 Å². The molecule has 2 aromatic carbocycles. The Bertz CT molecular complexity index is 1570. The Labute approximate surface area is 185 Å². The first kappa shape index (κ1) is 19.4. The molecule has 1 saturated carbocycles. The summed E-state index contributed by atoms with van der Waals surface area (Å²) in [6.45, 7) is 0.209. The van der Waals surface area contributed by atoms with E-state index in [-0.39, 0.29) is 22.8 Å². The minimum absolute atomic E-state index is 0.00445. The number of nitrogens with one attached hydrogen (secondary N) is 1. The number of allylic oxidation sites excluding steroid dienone is 1. The third-order valence-corrected chi connectivity index (χ3v) is 7.95. The molecule has 0 radical (unpaired) electrons. The Morgan fingerprint density at radius 3 is 3.00 bits per heavy atom. The van der Waals surface area contributed by atoms with Gasteiger partial charge in [-0.25, -0.2) is 22.6 Å². The zero-order valence-corrected chi connectivity index (χ0v) is 18.0. The van der Waals surface area contributed by atoms with E-state index in [1.54, 1.807) is 0 Å². The molecule has 1 N–H and O–H groups in total. The molecule has 6 rings (SSSR count). The van der Waals surface area contributed by atoms with Crippen molar-refractivity contribution in [2.24, 2.45) is 5.92 Å². The molecule has 2 atom stereocenters. The maximum atomic E-state index is 14.9. The molecule has 2 heterocycles. The summed E-state index contributed by atoms with van der Waals surface area (Å²) < 4.78 is 52.6. The lowest BCUT2D eigenvalue weighted by Gasteiger charge is -2.15. The third-order valence-electron chi connectivity index (χ3n) is 5.89. The summed E-state index contributed by atoms with van der Waals surface area (Å²) in [7, 11) is -4.28. The lowest BCUT2D eigenvalue weighted by atomic mass is 9.92. The summed E-state index contributed by atoms with van der Waals surface area (Å²) in [6.07, 6.45) is 6.58. The van der Waals surface area contributed by atoms with E-state index >= 15 is 0 Å². The van der Waals surface area contributed by atoms with Crippen LogP contribution in [0.4, 0.5) is 9.52 Å². The van der Waals surface area contributed by atoms with E-state index in [0.29, 0.717) is 11.8 Å². The van der Waals surface area contributed by atoms with Gasteiger partial charge in [0.1, 0.15) is 17.0 Å². The smallest absolute Gasteiger partial charge is 0.408 e. The predicted molar refractivity (Wildman–Crippen MR) is 117 cm³/mol. The molecular formula is C21H15FN4O4S2. The Morgan fingerprint density at radius 2 is 2.19 bits per heavy atom. The van der Waals surface area contributed by atoms with Gasteiger partial charge in [-0.05, 0) is 34.9 Å². The molecule has 2 aliphatic rings. The molecule has 0 spiro atoms. The molecule has 0 amide bonds. The standard InChI is InChI=1S/C21H15FN4O4S2/c22-15-7-16-17(8-18(15)32(28,29)25-20-23-10-24-31-20)30-21(27)26(16)9-13-3-1-2-11-4-5-12-6-14(12)19(11)13/h1-5,7-8,10,12,14H,6,9H2,(H,23,24,25). The Balaban J connectivity index is 1.42. The Hall–Kier alpha value is -3.31. The van der Waals surface area contributed by atoms with Crippen molar-refractivity contribution < 1.29 is 17.2 Å². The number of sulfonamides is 1. The molecule has 2 aliphatic carbocycles. The minimum Gasteiger partial charge on any atom is -0.408 e. The van der Waals surface area contributed by atoms with Gasteiger partial charge >= 0.3 is 5.76 Å². The largest absolute Gasteiger partial charge is 0.420 e. The van der Waals surface area contributed by atoms with Gasteiger partial charge in [0.05, 0.1) is 12.1 Å². The van der Waals surface area contributed by atoms with E-state index in [1.807, 2.05) is 18.2 Å². The van der Waals surface area contributed by atoms with Gasteiger partial charge < -0.3 is 4.42 Å². The first-order chi connectivity index (χ1) is 15.4. The number of oxazole rings is 1. The van der Waals surface area contributed by atoms with Gasteiger partial charge in [-0.2, -0.15) is 4.37 Å². The number of benzene rings is 2. The van der Waals surface area contributed by atoms with Crippen molar-refractivity contribution in [2.75, 3.05) is 4.72 Å². The van der Waals surface area contributed by atoms with E-state index in [2.05, 4.69) is 26.2 Å². The van der Waals surface area contributed by atoms with Crippen LogP contribution in [-0.4, -0.2) is 22.3 Å².